The summed E-state index contributed by atoms with van der Waals surface area (Å²) < 4.78 is 11.2. The first-order chi connectivity index (χ1) is 15.2. The average molecular weight is 469 g/mol. The molecule has 4 atom stereocenters. The third kappa shape index (κ3) is 9.71. The molecule has 0 aliphatic carbocycles. The summed E-state index contributed by atoms with van der Waals surface area (Å²) in [5, 5.41) is 10.9. The molecule has 33 heavy (non-hydrogen) atoms. The van der Waals surface area contributed by atoms with Crippen LogP contribution in [0.1, 0.15) is 106 Å². The van der Waals surface area contributed by atoms with Gasteiger partial charge in [-0.1, -0.05) is 6.92 Å². The molecule has 7 nitrogen and oxygen atoms in total. The standard InChI is InChI=1S/C26H48N2O5/c1-19(16-20-12-8-10-14-27(20)23(30)32-25(2,3)4)17-22(29)18-21-13-9-11-15-28(21)24(31)33-26(5,6)7/h19-22,29H,8-18H2,1-7H3/t19-,20-,21-,22-/m0/s1. The van der Waals surface area contributed by atoms with Crippen molar-refractivity contribution in [3.63, 3.8) is 0 Å². The number of aliphatic hydroxyl groups excluding tert-OH is 1. The molecule has 0 unspecified atom stereocenters. The Morgan fingerprint density at radius 3 is 1.67 bits per heavy atom. The lowest BCUT2D eigenvalue weighted by atomic mass is 9.88. The summed E-state index contributed by atoms with van der Waals surface area (Å²) in [5.74, 6) is 0.270. The maximum absolute atomic E-state index is 12.7. The third-order valence-corrected chi connectivity index (χ3v) is 6.40. The Hall–Kier alpha value is -1.50. The zero-order chi connectivity index (χ0) is 24.8. The molecule has 2 amide bonds. The summed E-state index contributed by atoms with van der Waals surface area (Å²) in [4.78, 5) is 29.1. The summed E-state index contributed by atoms with van der Waals surface area (Å²) in [6.07, 6.45) is 7.17. The van der Waals surface area contributed by atoms with E-state index in [1.807, 2.05) is 51.3 Å². The minimum absolute atomic E-state index is 0.0174. The molecule has 0 bridgehead atoms. The van der Waals surface area contributed by atoms with Gasteiger partial charge in [0.1, 0.15) is 11.2 Å². The van der Waals surface area contributed by atoms with Crippen molar-refractivity contribution in [2.75, 3.05) is 13.1 Å². The first-order valence-corrected chi connectivity index (χ1v) is 12.9. The van der Waals surface area contributed by atoms with Gasteiger partial charge in [-0.05, 0) is 105 Å². The number of carbonyl (C=O) groups excluding carboxylic acids is 2. The van der Waals surface area contributed by atoms with Gasteiger partial charge in [0, 0.05) is 25.2 Å². The fourth-order valence-corrected chi connectivity index (χ4v) is 5.05. The Balaban J connectivity index is 1.89. The van der Waals surface area contributed by atoms with Crippen molar-refractivity contribution in [1.29, 1.82) is 0 Å². The molecule has 1 N–H and O–H groups in total. The first kappa shape index (κ1) is 27.7. The molecule has 2 rings (SSSR count). The molecule has 7 heteroatoms. The number of hydrogen-bond acceptors (Lipinski definition) is 5. The van der Waals surface area contributed by atoms with Crippen LogP contribution in [0, 0.1) is 5.92 Å². The van der Waals surface area contributed by atoms with Crippen LogP contribution in [0.2, 0.25) is 0 Å². The van der Waals surface area contributed by atoms with Crippen molar-refractivity contribution in [3.8, 4) is 0 Å². The highest BCUT2D eigenvalue weighted by Crippen LogP contribution is 2.29. The molecule has 192 valence electrons. The van der Waals surface area contributed by atoms with Crippen LogP contribution in [-0.4, -0.2) is 69.6 Å². The van der Waals surface area contributed by atoms with Crippen LogP contribution in [0.15, 0.2) is 0 Å². The SMILES string of the molecule is C[C@H](C[C@H](O)C[C@@H]1CCCCN1C(=O)OC(C)(C)C)C[C@@H]1CCCCN1C(=O)OC(C)(C)C. The van der Waals surface area contributed by atoms with Gasteiger partial charge in [0.2, 0.25) is 0 Å². The van der Waals surface area contributed by atoms with E-state index in [0.29, 0.717) is 19.4 Å². The lowest BCUT2D eigenvalue weighted by Gasteiger charge is -2.39. The highest BCUT2D eigenvalue weighted by atomic mass is 16.6. The third-order valence-electron chi connectivity index (χ3n) is 6.40. The maximum Gasteiger partial charge on any atom is 0.410 e. The number of likely N-dealkylation sites (tertiary alicyclic amines) is 2. The van der Waals surface area contributed by atoms with Gasteiger partial charge >= 0.3 is 12.2 Å². The number of amides is 2. The number of carbonyl (C=O) groups is 2. The zero-order valence-corrected chi connectivity index (χ0v) is 22.1. The Morgan fingerprint density at radius 2 is 1.24 bits per heavy atom. The van der Waals surface area contributed by atoms with E-state index < -0.39 is 17.3 Å². The molecule has 0 aromatic carbocycles. The minimum Gasteiger partial charge on any atom is -0.444 e. The molecule has 0 radical (unpaired) electrons. The number of aliphatic hydroxyl groups is 1. The van der Waals surface area contributed by atoms with Crippen LogP contribution in [0.25, 0.3) is 0 Å². The van der Waals surface area contributed by atoms with E-state index in [4.69, 9.17) is 9.47 Å². The van der Waals surface area contributed by atoms with Crippen molar-refractivity contribution >= 4 is 12.2 Å². The lowest BCUT2D eigenvalue weighted by Crippen LogP contribution is -2.48. The summed E-state index contributed by atoms with van der Waals surface area (Å²) in [6.45, 7) is 14.9. The van der Waals surface area contributed by atoms with Gasteiger partial charge in [-0.2, -0.15) is 0 Å². The zero-order valence-electron chi connectivity index (χ0n) is 22.1. The number of nitrogens with zero attached hydrogens (tertiary/aromatic N) is 2. The van der Waals surface area contributed by atoms with Crippen molar-refractivity contribution in [1.82, 2.24) is 9.80 Å². The molecule has 0 saturated carbocycles. The van der Waals surface area contributed by atoms with Crippen molar-refractivity contribution in [2.45, 2.75) is 136 Å². The van der Waals surface area contributed by atoms with Crippen LogP contribution in [0.4, 0.5) is 9.59 Å². The van der Waals surface area contributed by atoms with Gasteiger partial charge in [0.15, 0.2) is 0 Å². The summed E-state index contributed by atoms with van der Waals surface area (Å²) in [7, 11) is 0. The average Bonchev–Trinajstić information content (AvgIpc) is 2.65. The van der Waals surface area contributed by atoms with Gasteiger partial charge in [0.05, 0.1) is 6.10 Å². The maximum atomic E-state index is 12.7. The van der Waals surface area contributed by atoms with Gasteiger partial charge < -0.3 is 24.4 Å². The Kier molecular flexibility index (Phi) is 9.89. The van der Waals surface area contributed by atoms with E-state index in [1.54, 1.807) is 0 Å². The quantitative estimate of drug-likeness (QED) is 0.538. The molecule has 2 saturated heterocycles. The van der Waals surface area contributed by atoms with E-state index in [2.05, 4.69) is 6.92 Å². The smallest absolute Gasteiger partial charge is 0.410 e. The molecule has 2 aliphatic heterocycles. The van der Waals surface area contributed by atoms with Crippen LogP contribution in [0.5, 0.6) is 0 Å². The summed E-state index contributed by atoms with van der Waals surface area (Å²) in [6, 6.07) is 0.174. The predicted octanol–water partition coefficient (Wildman–Crippen LogP) is 5.73. The van der Waals surface area contributed by atoms with Crippen LogP contribution in [0.3, 0.4) is 0 Å². The van der Waals surface area contributed by atoms with E-state index >= 15 is 0 Å². The molecule has 0 aromatic rings. The molecular weight excluding hydrogens is 420 g/mol. The second-order valence-corrected chi connectivity index (χ2v) is 12.1. The van der Waals surface area contributed by atoms with E-state index in [9.17, 15) is 14.7 Å². The Morgan fingerprint density at radius 1 is 0.818 bits per heavy atom. The molecule has 2 aliphatic rings. The van der Waals surface area contributed by atoms with Gasteiger partial charge in [-0.3, -0.25) is 0 Å². The van der Waals surface area contributed by atoms with Gasteiger partial charge in [-0.25, -0.2) is 9.59 Å². The molecule has 2 heterocycles. The van der Waals surface area contributed by atoms with Crippen molar-refractivity contribution in [2.24, 2.45) is 5.92 Å². The van der Waals surface area contributed by atoms with E-state index in [1.165, 1.54) is 0 Å². The second kappa shape index (κ2) is 11.8. The number of hydrogen-bond donors (Lipinski definition) is 1. The highest BCUT2D eigenvalue weighted by Gasteiger charge is 2.34. The second-order valence-electron chi connectivity index (χ2n) is 12.1. The molecular formula is C26H48N2O5. The van der Waals surface area contributed by atoms with Gasteiger partial charge in [-0.15, -0.1) is 0 Å². The first-order valence-electron chi connectivity index (χ1n) is 12.9. The fourth-order valence-electron chi connectivity index (χ4n) is 5.05. The fraction of sp³-hybridized carbons (Fsp3) is 0.923. The van der Waals surface area contributed by atoms with E-state index in [0.717, 1.165) is 51.5 Å². The topological polar surface area (TPSA) is 79.3 Å². The lowest BCUT2D eigenvalue weighted by molar-refractivity contribution is -0.000159. The summed E-state index contributed by atoms with van der Waals surface area (Å²) >= 11 is 0. The van der Waals surface area contributed by atoms with Crippen LogP contribution in [-0.2, 0) is 9.47 Å². The summed E-state index contributed by atoms with van der Waals surface area (Å²) in [5.41, 5.74) is -1.02. The van der Waals surface area contributed by atoms with Crippen LogP contribution >= 0.6 is 0 Å². The predicted molar refractivity (Wildman–Crippen MR) is 130 cm³/mol. The van der Waals surface area contributed by atoms with Crippen molar-refractivity contribution < 1.29 is 24.2 Å². The monoisotopic (exact) mass is 468 g/mol. The molecule has 0 spiro atoms. The normalized spacial score (nSPS) is 24.2. The number of piperidine rings is 2. The molecule has 2 fully saturated rings. The van der Waals surface area contributed by atoms with Crippen LogP contribution < -0.4 is 0 Å². The Bertz CT molecular complexity index is 586. The largest absolute Gasteiger partial charge is 0.444 e. The Labute approximate surface area is 201 Å². The van der Waals surface area contributed by atoms with E-state index in [-0.39, 0.29) is 30.2 Å². The number of ether oxygens (including phenoxy) is 2. The molecule has 0 aromatic heterocycles. The highest BCUT2D eigenvalue weighted by molar-refractivity contribution is 5.69. The van der Waals surface area contributed by atoms with Gasteiger partial charge in [0.25, 0.3) is 0 Å². The minimum atomic E-state index is -0.522. The number of rotatable bonds is 6. The van der Waals surface area contributed by atoms with Crippen molar-refractivity contribution in [3.05, 3.63) is 0 Å².